The average molecular weight is 387 g/mol. The van der Waals surface area contributed by atoms with Crippen LogP contribution in [0.5, 0.6) is 11.6 Å². The maximum atomic E-state index is 10.7. The van der Waals surface area contributed by atoms with Crippen molar-refractivity contribution in [1.82, 2.24) is 4.98 Å². The lowest BCUT2D eigenvalue weighted by molar-refractivity contribution is -0.385. The molecule has 0 aliphatic carbocycles. The molecule has 0 spiro atoms. The molecule has 9 heteroatoms. The van der Waals surface area contributed by atoms with Crippen LogP contribution in [0.1, 0.15) is 0 Å². The minimum Gasteiger partial charge on any atom is -0.438 e. The summed E-state index contributed by atoms with van der Waals surface area (Å²) < 4.78 is 6.05. The lowest BCUT2D eigenvalue weighted by atomic mass is 10.3. The van der Waals surface area contributed by atoms with Crippen LogP contribution in [0.2, 0.25) is 0 Å². The van der Waals surface area contributed by atoms with Crippen LogP contribution in [0, 0.1) is 23.8 Å². The highest BCUT2D eigenvalue weighted by Crippen LogP contribution is 2.29. The molecule has 0 atom stereocenters. The standard InChI is InChI=1S/C11H6IN3O5/c12-9-3-1-7(14(16)17)5-10(9)20-11-4-2-8(6-13-11)15(18)19/h1-6H. The van der Waals surface area contributed by atoms with Gasteiger partial charge in [-0.15, -0.1) is 0 Å². The van der Waals surface area contributed by atoms with Gasteiger partial charge in [0.05, 0.1) is 19.5 Å². The maximum Gasteiger partial charge on any atom is 0.287 e. The van der Waals surface area contributed by atoms with E-state index in [1.165, 1.54) is 24.3 Å². The fourth-order valence-corrected chi connectivity index (χ4v) is 1.78. The zero-order chi connectivity index (χ0) is 14.7. The molecule has 1 aromatic carbocycles. The number of benzene rings is 1. The van der Waals surface area contributed by atoms with E-state index in [1.807, 2.05) is 22.6 Å². The van der Waals surface area contributed by atoms with Crippen LogP contribution in [-0.4, -0.2) is 14.8 Å². The lowest BCUT2D eigenvalue weighted by Gasteiger charge is -2.06. The van der Waals surface area contributed by atoms with E-state index in [2.05, 4.69) is 4.98 Å². The Morgan fingerprint density at radius 3 is 2.25 bits per heavy atom. The van der Waals surface area contributed by atoms with Crippen LogP contribution in [0.25, 0.3) is 0 Å². The SMILES string of the molecule is O=[N+]([O-])c1ccc(Oc2cc([N+](=O)[O-])ccc2I)nc1. The van der Waals surface area contributed by atoms with E-state index >= 15 is 0 Å². The Morgan fingerprint density at radius 1 is 1.05 bits per heavy atom. The second-order valence-electron chi connectivity index (χ2n) is 3.59. The lowest BCUT2D eigenvalue weighted by Crippen LogP contribution is -1.94. The zero-order valence-electron chi connectivity index (χ0n) is 9.72. The Morgan fingerprint density at radius 2 is 1.70 bits per heavy atom. The number of aromatic nitrogens is 1. The van der Waals surface area contributed by atoms with Crippen LogP contribution in [-0.2, 0) is 0 Å². The predicted octanol–water partition coefficient (Wildman–Crippen LogP) is 3.29. The van der Waals surface area contributed by atoms with Gasteiger partial charge in [-0.2, -0.15) is 0 Å². The number of halogens is 1. The van der Waals surface area contributed by atoms with E-state index < -0.39 is 9.85 Å². The number of hydrogen-bond donors (Lipinski definition) is 0. The Labute approximate surface area is 125 Å². The molecule has 2 rings (SSSR count). The summed E-state index contributed by atoms with van der Waals surface area (Å²) >= 11 is 1.96. The number of pyridine rings is 1. The molecular weight excluding hydrogens is 381 g/mol. The van der Waals surface area contributed by atoms with Crippen LogP contribution < -0.4 is 4.74 Å². The summed E-state index contributed by atoms with van der Waals surface area (Å²) in [5, 5.41) is 21.2. The monoisotopic (exact) mass is 387 g/mol. The molecule has 1 aromatic heterocycles. The highest BCUT2D eigenvalue weighted by Gasteiger charge is 2.12. The van der Waals surface area contributed by atoms with Crippen molar-refractivity contribution in [3.63, 3.8) is 0 Å². The molecular formula is C11H6IN3O5. The summed E-state index contributed by atoms with van der Waals surface area (Å²) in [7, 11) is 0. The molecule has 0 saturated heterocycles. The van der Waals surface area contributed by atoms with E-state index in [1.54, 1.807) is 6.07 Å². The highest BCUT2D eigenvalue weighted by atomic mass is 127. The van der Waals surface area contributed by atoms with Gasteiger partial charge >= 0.3 is 0 Å². The van der Waals surface area contributed by atoms with Crippen molar-refractivity contribution in [1.29, 1.82) is 0 Å². The normalized spacial score (nSPS) is 10.1. The van der Waals surface area contributed by atoms with Gasteiger partial charge in [0.2, 0.25) is 5.88 Å². The number of rotatable bonds is 4. The molecule has 20 heavy (non-hydrogen) atoms. The molecule has 0 radical (unpaired) electrons. The smallest absolute Gasteiger partial charge is 0.287 e. The highest BCUT2D eigenvalue weighted by molar-refractivity contribution is 14.1. The van der Waals surface area contributed by atoms with Crippen molar-refractivity contribution in [2.75, 3.05) is 0 Å². The van der Waals surface area contributed by atoms with E-state index in [-0.39, 0.29) is 23.0 Å². The number of non-ortho nitro benzene ring substituents is 1. The second-order valence-corrected chi connectivity index (χ2v) is 4.75. The van der Waals surface area contributed by atoms with E-state index in [0.717, 1.165) is 6.20 Å². The third kappa shape index (κ3) is 3.17. The van der Waals surface area contributed by atoms with Crippen molar-refractivity contribution in [2.24, 2.45) is 0 Å². The van der Waals surface area contributed by atoms with Crippen molar-refractivity contribution in [3.05, 3.63) is 60.3 Å². The van der Waals surface area contributed by atoms with Crippen molar-refractivity contribution in [3.8, 4) is 11.6 Å². The molecule has 1 heterocycles. The molecule has 0 amide bonds. The van der Waals surface area contributed by atoms with Gasteiger partial charge < -0.3 is 4.74 Å². The van der Waals surface area contributed by atoms with Crippen LogP contribution in [0.15, 0.2) is 36.5 Å². The van der Waals surface area contributed by atoms with Gasteiger partial charge in [0.15, 0.2) is 0 Å². The molecule has 102 valence electrons. The molecule has 0 N–H and O–H groups in total. The molecule has 0 aliphatic heterocycles. The molecule has 0 bridgehead atoms. The summed E-state index contributed by atoms with van der Waals surface area (Å²) in [6.45, 7) is 0. The van der Waals surface area contributed by atoms with E-state index in [0.29, 0.717) is 3.57 Å². The summed E-state index contributed by atoms with van der Waals surface area (Å²) in [4.78, 5) is 23.8. The predicted molar refractivity (Wildman–Crippen MR) is 76.8 cm³/mol. The van der Waals surface area contributed by atoms with Crippen molar-refractivity contribution in [2.45, 2.75) is 0 Å². The molecule has 8 nitrogen and oxygen atoms in total. The molecule has 0 saturated carbocycles. The first kappa shape index (κ1) is 14.1. The molecule has 0 fully saturated rings. The number of nitro benzene ring substituents is 1. The van der Waals surface area contributed by atoms with Gasteiger partial charge in [0.25, 0.3) is 11.4 Å². The van der Waals surface area contributed by atoms with Gasteiger partial charge in [-0.05, 0) is 28.7 Å². The Bertz CT molecular complexity index is 674. The van der Waals surface area contributed by atoms with Crippen LogP contribution >= 0.6 is 22.6 Å². The number of ether oxygens (including phenoxy) is 1. The fourth-order valence-electron chi connectivity index (χ4n) is 1.34. The fraction of sp³-hybridized carbons (Fsp3) is 0. The number of nitro groups is 2. The first-order valence-corrected chi connectivity index (χ1v) is 6.27. The van der Waals surface area contributed by atoms with Crippen molar-refractivity contribution >= 4 is 34.0 Å². The number of nitrogens with zero attached hydrogens (tertiary/aromatic N) is 3. The first-order chi connectivity index (χ1) is 9.47. The van der Waals surface area contributed by atoms with Gasteiger partial charge in [0, 0.05) is 18.2 Å². The van der Waals surface area contributed by atoms with Crippen LogP contribution in [0.4, 0.5) is 11.4 Å². The van der Waals surface area contributed by atoms with Gasteiger partial charge in [0.1, 0.15) is 11.9 Å². The second kappa shape index (κ2) is 5.77. The topological polar surface area (TPSA) is 108 Å². The minimum absolute atomic E-state index is 0.109. The zero-order valence-corrected chi connectivity index (χ0v) is 11.9. The summed E-state index contributed by atoms with van der Waals surface area (Å²) in [5.74, 6) is 0.384. The van der Waals surface area contributed by atoms with Crippen molar-refractivity contribution < 1.29 is 14.6 Å². The van der Waals surface area contributed by atoms with Gasteiger partial charge in [-0.3, -0.25) is 20.2 Å². The summed E-state index contributed by atoms with van der Waals surface area (Å²) in [6.07, 6.45) is 1.06. The van der Waals surface area contributed by atoms with E-state index in [4.69, 9.17) is 4.74 Å². The Balaban J connectivity index is 2.27. The largest absolute Gasteiger partial charge is 0.438 e. The van der Waals surface area contributed by atoms with Gasteiger partial charge in [-0.25, -0.2) is 4.98 Å². The van der Waals surface area contributed by atoms with Crippen LogP contribution in [0.3, 0.4) is 0 Å². The molecule has 2 aromatic rings. The molecule has 0 unspecified atom stereocenters. The first-order valence-electron chi connectivity index (χ1n) is 5.19. The third-order valence-corrected chi connectivity index (χ3v) is 3.16. The number of hydrogen-bond acceptors (Lipinski definition) is 6. The third-order valence-electron chi connectivity index (χ3n) is 2.27. The maximum absolute atomic E-state index is 10.7. The molecule has 0 aliphatic rings. The Kier molecular flexibility index (Phi) is 4.08. The summed E-state index contributed by atoms with van der Waals surface area (Å²) in [6, 6.07) is 6.74. The summed E-state index contributed by atoms with van der Waals surface area (Å²) in [5.41, 5.74) is -0.270. The quantitative estimate of drug-likeness (QED) is 0.453. The van der Waals surface area contributed by atoms with E-state index in [9.17, 15) is 20.2 Å². The van der Waals surface area contributed by atoms with Gasteiger partial charge in [-0.1, -0.05) is 0 Å². The average Bonchev–Trinajstić information content (AvgIpc) is 2.41. The Hall–Kier alpha value is -2.30. The minimum atomic E-state index is -0.575.